The zero-order chi connectivity index (χ0) is 4.50. The quantitative estimate of drug-likeness (QED) is 0.464. The van der Waals surface area contributed by atoms with Gasteiger partial charge in [-0.25, -0.2) is 0 Å². The summed E-state index contributed by atoms with van der Waals surface area (Å²) in [5.41, 5.74) is 0. The summed E-state index contributed by atoms with van der Waals surface area (Å²) in [6.07, 6.45) is 0. The Morgan fingerprint density at radius 1 is 0.833 bits per heavy atom. The van der Waals surface area contributed by atoms with Crippen LogP contribution in [-0.2, 0) is 22.4 Å². The molecule has 0 bridgehead atoms. The van der Waals surface area contributed by atoms with E-state index in [1.54, 1.807) is 0 Å². The van der Waals surface area contributed by atoms with Crippen molar-refractivity contribution in [1.82, 2.24) is 0 Å². The molecule has 0 aliphatic heterocycles. The molecule has 0 nitrogen and oxygen atoms in total. The van der Waals surface area contributed by atoms with Crippen LogP contribution in [0.1, 0.15) is 0 Å². The summed E-state index contributed by atoms with van der Waals surface area (Å²) in [7, 11) is 0. The van der Waals surface area contributed by atoms with E-state index < -0.39 is 3.25 Å². The Hall–Kier alpha value is 1.90. The molecular formula is CAgCl4. The van der Waals surface area contributed by atoms with Crippen molar-refractivity contribution in [3.63, 3.8) is 0 Å². The van der Waals surface area contributed by atoms with Crippen molar-refractivity contribution >= 4 is 46.4 Å². The first-order valence-electron chi connectivity index (χ1n) is 0.756. The summed E-state index contributed by atoms with van der Waals surface area (Å²) in [5.74, 6) is 0. The SMILES string of the molecule is ClC(Cl)(Cl)Cl.[Ag]. The Kier molecular flexibility index (Phi) is 6.93. The predicted octanol–water partition coefficient (Wildman–Crippen LogP) is 2.55. The van der Waals surface area contributed by atoms with E-state index >= 15 is 0 Å². The van der Waals surface area contributed by atoms with Gasteiger partial charge in [-0.05, 0) is 0 Å². The maximum atomic E-state index is 4.83. The second-order valence-electron chi connectivity index (χ2n) is 0.429. The molecule has 0 atom stereocenters. The smallest absolute Gasteiger partial charge is 0.0664 e. The topological polar surface area (TPSA) is 0 Å². The Balaban J connectivity index is 0. The van der Waals surface area contributed by atoms with E-state index in [0.717, 1.165) is 0 Å². The van der Waals surface area contributed by atoms with Crippen molar-refractivity contribution in [2.24, 2.45) is 0 Å². The van der Waals surface area contributed by atoms with Crippen LogP contribution in [0, 0.1) is 0 Å². The van der Waals surface area contributed by atoms with Gasteiger partial charge in [-0.15, -0.1) is 0 Å². The van der Waals surface area contributed by atoms with Crippen molar-refractivity contribution in [1.29, 1.82) is 0 Å². The molecule has 0 aromatic rings. The Morgan fingerprint density at radius 3 is 0.833 bits per heavy atom. The van der Waals surface area contributed by atoms with Crippen LogP contribution >= 0.6 is 46.4 Å². The molecule has 0 saturated carbocycles. The zero-order valence-electron chi connectivity index (χ0n) is 2.31. The van der Waals surface area contributed by atoms with Crippen LogP contribution in [0.25, 0.3) is 0 Å². The van der Waals surface area contributed by atoms with E-state index in [-0.39, 0.29) is 22.4 Å². The van der Waals surface area contributed by atoms with Crippen molar-refractivity contribution < 1.29 is 22.4 Å². The Morgan fingerprint density at radius 2 is 0.833 bits per heavy atom. The molecule has 0 amide bonds. The molecule has 5 heteroatoms. The molecule has 0 rings (SSSR count). The molecule has 0 N–H and O–H groups in total. The number of halogens is 4. The van der Waals surface area contributed by atoms with Crippen LogP contribution in [0.2, 0.25) is 0 Å². The molecule has 6 heavy (non-hydrogen) atoms. The largest absolute Gasteiger partial charge is 0.266 e. The van der Waals surface area contributed by atoms with Crippen LogP contribution in [0.3, 0.4) is 0 Å². The minimum absolute atomic E-state index is 0. The fraction of sp³-hybridized carbons (Fsp3) is 1.00. The van der Waals surface area contributed by atoms with Crippen molar-refractivity contribution in [3.8, 4) is 0 Å². The molecule has 0 spiro atoms. The van der Waals surface area contributed by atoms with Gasteiger partial charge in [0.05, 0.1) is 0 Å². The minimum Gasteiger partial charge on any atom is -0.0664 e. The molecule has 0 aliphatic carbocycles. The van der Waals surface area contributed by atoms with Gasteiger partial charge in [-0.1, -0.05) is 46.4 Å². The normalized spacial score (nSPS) is 10.0. The third kappa shape index (κ3) is 39.2. The first kappa shape index (κ1) is 10.8. The maximum absolute atomic E-state index is 4.83. The van der Waals surface area contributed by atoms with Crippen molar-refractivity contribution in [3.05, 3.63) is 0 Å². The van der Waals surface area contributed by atoms with Gasteiger partial charge >= 0.3 is 0 Å². The van der Waals surface area contributed by atoms with Crippen LogP contribution in [0.15, 0.2) is 0 Å². The van der Waals surface area contributed by atoms with Gasteiger partial charge in [0.1, 0.15) is 0 Å². The van der Waals surface area contributed by atoms with Crippen LogP contribution in [-0.4, -0.2) is 3.25 Å². The monoisotopic (exact) mass is 259 g/mol. The molecule has 0 saturated heterocycles. The van der Waals surface area contributed by atoms with Crippen LogP contribution < -0.4 is 0 Å². The van der Waals surface area contributed by atoms with Gasteiger partial charge < -0.3 is 0 Å². The molecule has 0 fully saturated rings. The van der Waals surface area contributed by atoms with E-state index in [1.807, 2.05) is 0 Å². The summed E-state index contributed by atoms with van der Waals surface area (Å²) in [6, 6.07) is 0. The van der Waals surface area contributed by atoms with Gasteiger partial charge in [0.2, 0.25) is 0 Å². The van der Waals surface area contributed by atoms with E-state index in [2.05, 4.69) is 0 Å². The van der Waals surface area contributed by atoms with E-state index in [0.29, 0.717) is 0 Å². The molecule has 43 valence electrons. The summed E-state index contributed by atoms with van der Waals surface area (Å²) < 4.78 is -1.61. The van der Waals surface area contributed by atoms with Gasteiger partial charge in [0, 0.05) is 22.4 Å². The molecule has 1 radical (unpaired) electrons. The molecule has 0 aliphatic rings. The second-order valence-corrected chi connectivity index (χ2v) is 3.86. The Bertz CT molecular complexity index is 23.0. The van der Waals surface area contributed by atoms with Crippen molar-refractivity contribution in [2.45, 2.75) is 3.25 Å². The van der Waals surface area contributed by atoms with E-state index in [1.165, 1.54) is 0 Å². The fourth-order valence-electron chi connectivity index (χ4n) is 0. The molecular weight excluding hydrogens is 262 g/mol. The Labute approximate surface area is 71.6 Å². The summed E-state index contributed by atoms with van der Waals surface area (Å²) in [6.45, 7) is 0. The molecule has 0 aromatic carbocycles. The van der Waals surface area contributed by atoms with Crippen LogP contribution in [0.4, 0.5) is 0 Å². The summed E-state index contributed by atoms with van der Waals surface area (Å²) >= 11 is 19.3. The van der Waals surface area contributed by atoms with Gasteiger partial charge in [0.25, 0.3) is 3.25 Å². The molecule has 0 aromatic heterocycles. The third-order valence-corrected chi connectivity index (χ3v) is 0. The summed E-state index contributed by atoms with van der Waals surface area (Å²) in [4.78, 5) is 0. The second kappa shape index (κ2) is 3.85. The molecule has 0 heterocycles. The number of rotatable bonds is 0. The number of alkyl halides is 4. The predicted molar refractivity (Wildman–Crippen MR) is 26.1 cm³/mol. The zero-order valence-corrected chi connectivity index (χ0v) is 6.82. The molecule has 0 unspecified atom stereocenters. The van der Waals surface area contributed by atoms with Crippen molar-refractivity contribution in [2.75, 3.05) is 0 Å². The van der Waals surface area contributed by atoms with E-state index in [4.69, 9.17) is 46.4 Å². The first-order chi connectivity index (χ1) is 2.00. The van der Waals surface area contributed by atoms with Gasteiger partial charge in [-0.2, -0.15) is 0 Å². The van der Waals surface area contributed by atoms with Crippen LogP contribution in [0.5, 0.6) is 0 Å². The van der Waals surface area contributed by atoms with Gasteiger partial charge in [-0.3, -0.25) is 0 Å². The number of hydrogen-bond acceptors (Lipinski definition) is 0. The summed E-state index contributed by atoms with van der Waals surface area (Å²) in [5, 5.41) is 0. The minimum atomic E-state index is -1.61. The maximum Gasteiger partial charge on any atom is 0.266 e. The average molecular weight is 262 g/mol. The van der Waals surface area contributed by atoms with E-state index in [9.17, 15) is 0 Å². The average Bonchev–Trinajstić information content (AvgIpc) is 0.722. The first-order valence-corrected chi connectivity index (χ1v) is 2.27. The standard InChI is InChI=1S/CCl4.Ag/c2-1(3,4)5;. The third-order valence-electron chi connectivity index (χ3n) is 0. The fourth-order valence-corrected chi connectivity index (χ4v) is 0. The van der Waals surface area contributed by atoms with Gasteiger partial charge in [0.15, 0.2) is 0 Å². The number of hydrogen-bond donors (Lipinski definition) is 0.